The molecule has 1 saturated heterocycles. The van der Waals surface area contributed by atoms with E-state index in [1.165, 1.54) is 41.5 Å². The van der Waals surface area contributed by atoms with Gasteiger partial charge < -0.3 is 24.2 Å². The predicted molar refractivity (Wildman–Crippen MR) is 175 cm³/mol. The van der Waals surface area contributed by atoms with Crippen LogP contribution in [0.2, 0.25) is 25.7 Å². The fourth-order valence-electron chi connectivity index (χ4n) is 6.12. The molecule has 1 fully saturated rings. The quantitative estimate of drug-likeness (QED) is 0.184. The van der Waals surface area contributed by atoms with Gasteiger partial charge in [0.15, 0.2) is 0 Å². The van der Waals surface area contributed by atoms with Crippen LogP contribution in [-0.2, 0) is 24.4 Å². The van der Waals surface area contributed by atoms with E-state index in [2.05, 4.69) is 67.2 Å². The molecular weight excluding hydrogens is 542 g/mol. The lowest BCUT2D eigenvalue weighted by molar-refractivity contribution is 0.0817. The topological polar surface area (TPSA) is 71.8 Å². The number of likely N-dealkylation sites (N-methyl/N-ethyl adjacent to an activating group) is 1. The van der Waals surface area contributed by atoms with Gasteiger partial charge in [-0.2, -0.15) is 15.1 Å². The second-order valence-electron chi connectivity index (χ2n) is 13.0. The number of nitrogens with zero attached hydrogens (tertiary/aromatic N) is 7. The van der Waals surface area contributed by atoms with Crippen molar-refractivity contribution in [3.63, 3.8) is 0 Å². The first-order chi connectivity index (χ1) is 20.3. The van der Waals surface area contributed by atoms with Gasteiger partial charge in [0.1, 0.15) is 19.2 Å². The maximum absolute atomic E-state index is 6.21. The SMILES string of the molecule is CCN(CC)CCOc1nc2c(c(N3CCCCC3)n1)CCN(c1c(C)ccc3c1cnn3COCC[Si](C)(C)C)C2. The monoisotopic (exact) mass is 593 g/mol. The number of rotatable bonds is 13. The van der Waals surface area contributed by atoms with Crippen LogP contribution in [-0.4, -0.2) is 85.2 Å². The highest BCUT2D eigenvalue weighted by Gasteiger charge is 2.28. The molecule has 10 heteroatoms. The van der Waals surface area contributed by atoms with Gasteiger partial charge >= 0.3 is 6.01 Å². The molecule has 2 aliphatic rings. The fraction of sp³-hybridized carbons (Fsp3) is 0.656. The normalized spacial score (nSPS) is 16.0. The second-order valence-corrected chi connectivity index (χ2v) is 18.6. The molecule has 1 aromatic carbocycles. The van der Waals surface area contributed by atoms with Crippen LogP contribution in [0, 0.1) is 6.92 Å². The molecule has 0 radical (unpaired) electrons. The molecule has 0 spiro atoms. The minimum atomic E-state index is -1.12. The summed E-state index contributed by atoms with van der Waals surface area (Å²) in [5.41, 5.74) is 6.00. The molecule has 0 saturated carbocycles. The third-order valence-corrected chi connectivity index (χ3v) is 10.4. The molecule has 2 aromatic heterocycles. The molecule has 0 N–H and O–H groups in total. The summed E-state index contributed by atoms with van der Waals surface area (Å²) < 4.78 is 14.3. The molecule has 0 unspecified atom stereocenters. The number of hydrogen-bond donors (Lipinski definition) is 0. The van der Waals surface area contributed by atoms with Crippen molar-refractivity contribution in [3.05, 3.63) is 35.2 Å². The summed E-state index contributed by atoms with van der Waals surface area (Å²) in [4.78, 5) is 17.3. The van der Waals surface area contributed by atoms with Gasteiger partial charge in [0.05, 0.1) is 29.6 Å². The van der Waals surface area contributed by atoms with E-state index < -0.39 is 8.07 Å². The molecule has 0 amide bonds. The summed E-state index contributed by atoms with van der Waals surface area (Å²) in [6, 6.07) is 6.07. The number of hydrogen-bond acceptors (Lipinski definition) is 8. The van der Waals surface area contributed by atoms with Crippen LogP contribution < -0.4 is 14.5 Å². The van der Waals surface area contributed by atoms with Crippen LogP contribution in [0.25, 0.3) is 10.9 Å². The molecule has 0 aliphatic carbocycles. The lowest BCUT2D eigenvalue weighted by Crippen LogP contribution is -2.36. The number of aromatic nitrogens is 4. The summed E-state index contributed by atoms with van der Waals surface area (Å²) in [5, 5.41) is 5.92. The van der Waals surface area contributed by atoms with Crippen molar-refractivity contribution < 1.29 is 9.47 Å². The lowest BCUT2D eigenvalue weighted by Gasteiger charge is -2.35. The smallest absolute Gasteiger partial charge is 0.318 e. The Bertz CT molecular complexity index is 1330. The van der Waals surface area contributed by atoms with Gasteiger partial charge in [-0.15, -0.1) is 0 Å². The van der Waals surface area contributed by atoms with Crippen molar-refractivity contribution in [2.45, 2.75) is 85.4 Å². The molecule has 4 heterocycles. The van der Waals surface area contributed by atoms with E-state index in [9.17, 15) is 0 Å². The average molecular weight is 594 g/mol. The van der Waals surface area contributed by atoms with E-state index in [1.807, 2.05) is 10.9 Å². The Kier molecular flexibility index (Phi) is 10.1. The highest BCUT2D eigenvalue weighted by molar-refractivity contribution is 6.76. The largest absolute Gasteiger partial charge is 0.462 e. The van der Waals surface area contributed by atoms with Crippen molar-refractivity contribution in [1.29, 1.82) is 0 Å². The average Bonchev–Trinajstić information content (AvgIpc) is 3.39. The highest BCUT2D eigenvalue weighted by Crippen LogP contribution is 2.36. The Morgan fingerprint density at radius 1 is 0.952 bits per heavy atom. The van der Waals surface area contributed by atoms with Crippen molar-refractivity contribution in [2.24, 2.45) is 0 Å². The van der Waals surface area contributed by atoms with Crippen LogP contribution >= 0.6 is 0 Å². The molecule has 0 atom stereocenters. The number of ether oxygens (including phenoxy) is 2. The molecule has 230 valence electrons. The first kappa shape index (κ1) is 30.8. The summed E-state index contributed by atoms with van der Waals surface area (Å²) in [6.07, 6.45) is 6.66. The third kappa shape index (κ3) is 7.26. The third-order valence-electron chi connectivity index (χ3n) is 8.74. The molecule has 5 rings (SSSR count). The lowest BCUT2D eigenvalue weighted by atomic mass is 10.0. The number of aryl methyl sites for hydroxylation is 1. The summed E-state index contributed by atoms with van der Waals surface area (Å²) in [7, 11) is -1.12. The van der Waals surface area contributed by atoms with E-state index >= 15 is 0 Å². The van der Waals surface area contributed by atoms with Gasteiger partial charge in [-0.25, -0.2) is 4.68 Å². The van der Waals surface area contributed by atoms with Crippen LogP contribution in [0.4, 0.5) is 11.5 Å². The number of fused-ring (bicyclic) bond motifs is 2. The highest BCUT2D eigenvalue weighted by atomic mass is 28.3. The summed E-state index contributed by atoms with van der Waals surface area (Å²) >= 11 is 0. The Labute approximate surface area is 253 Å². The van der Waals surface area contributed by atoms with Crippen molar-refractivity contribution in [2.75, 3.05) is 62.3 Å². The Morgan fingerprint density at radius 2 is 1.74 bits per heavy atom. The van der Waals surface area contributed by atoms with Crippen LogP contribution in [0.3, 0.4) is 0 Å². The maximum Gasteiger partial charge on any atom is 0.318 e. The zero-order chi connectivity index (χ0) is 29.7. The number of anilines is 2. The van der Waals surface area contributed by atoms with Gasteiger partial charge in [-0.1, -0.05) is 39.6 Å². The minimum Gasteiger partial charge on any atom is -0.462 e. The summed E-state index contributed by atoms with van der Waals surface area (Å²) in [6.45, 7) is 22.3. The van der Waals surface area contributed by atoms with Crippen LogP contribution in [0.5, 0.6) is 6.01 Å². The van der Waals surface area contributed by atoms with E-state index in [0.717, 1.165) is 81.9 Å². The molecule has 0 bridgehead atoms. The molecule has 2 aliphatic heterocycles. The fourth-order valence-corrected chi connectivity index (χ4v) is 6.87. The van der Waals surface area contributed by atoms with Crippen molar-refractivity contribution >= 4 is 30.5 Å². The van der Waals surface area contributed by atoms with Gasteiger partial charge in [0.25, 0.3) is 0 Å². The van der Waals surface area contributed by atoms with Gasteiger partial charge in [0.2, 0.25) is 0 Å². The van der Waals surface area contributed by atoms with Gasteiger partial charge in [0, 0.05) is 51.8 Å². The molecule has 3 aromatic rings. The number of benzene rings is 1. The zero-order valence-electron chi connectivity index (χ0n) is 26.8. The maximum atomic E-state index is 6.21. The van der Waals surface area contributed by atoms with Crippen molar-refractivity contribution in [3.8, 4) is 6.01 Å². The second kappa shape index (κ2) is 13.7. The van der Waals surface area contributed by atoms with E-state index in [4.69, 9.17) is 24.5 Å². The summed E-state index contributed by atoms with van der Waals surface area (Å²) in [5.74, 6) is 1.09. The molecule has 9 nitrogen and oxygen atoms in total. The van der Waals surface area contributed by atoms with Gasteiger partial charge in [-0.05, 0) is 63.4 Å². The van der Waals surface area contributed by atoms with Crippen LogP contribution in [0.15, 0.2) is 18.3 Å². The van der Waals surface area contributed by atoms with E-state index in [0.29, 0.717) is 19.3 Å². The molecular formula is C32H51N7O2Si. The van der Waals surface area contributed by atoms with Crippen molar-refractivity contribution in [1.82, 2.24) is 24.6 Å². The predicted octanol–water partition coefficient (Wildman–Crippen LogP) is 5.72. The Balaban J connectivity index is 1.39. The van der Waals surface area contributed by atoms with E-state index in [1.54, 1.807) is 0 Å². The molecule has 42 heavy (non-hydrogen) atoms. The Hall–Kier alpha value is -2.69. The first-order valence-electron chi connectivity index (χ1n) is 16.0. The zero-order valence-corrected chi connectivity index (χ0v) is 27.8. The minimum absolute atomic E-state index is 0.486. The van der Waals surface area contributed by atoms with Crippen LogP contribution in [0.1, 0.15) is 49.9 Å². The van der Waals surface area contributed by atoms with E-state index in [-0.39, 0.29) is 0 Å². The van der Waals surface area contributed by atoms with Gasteiger partial charge in [-0.3, -0.25) is 0 Å². The first-order valence-corrected chi connectivity index (χ1v) is 19.8. The Morgan fingerprint density at radius 3 is 2.48 bits per heavy atom. The number of piperidine rings is 1. The standard InChI is InChI=1S/C32H51N7O2Si/c1-7-36(8-2)18-19-41-32-34-28-23-38(17-14-26(28)31(35-32)37-15-10-9-11-16-37)30-25(3)12-13-29-27(30)22-33-39(29)24-40-20-21-42(4,5)6/h12-13,22H,7-11,14-21,23-24H2,1-6H3.